The summed E-state index contributed by atoms with van der Waals surface area (Å²) in [6, 6.07) is 16.1. The Balaban J connectivity index is 2.13. The van der Waals surface area contributed by atoms with Crippen LogP contribution < -0.4 is 5.73 Å². The first-order chi connectivity index (χ1) is 9.58. The number of rotatable bonds is 5. The molecule has 2 N–H and O–H groups in total. The predicted molar refractivity (Wildman–Crippen MR) is 89.5 cm³/mol. The third-order valence-corrected chi connectivity index (χ3v) is 4.22. The molecule has 0 aliphatic rings. The molecular weight excluding hydrogens is 382 g/mol. The van der Waals surface area contributed by atoms with Crippen molar-refractivity contribution in [1.82, 2.24) is 0 Å². The van der Waals surface area contributed by atoms with Crippen molar-refractivity contribution in [2.75, 3.05) is 0 Å². The number of hydrogen-bond acceptors (Lipinski definition) is 2. The largest absolute Gasteiger partial charge is 0.367 e. The Kier molecular flexibility index (Phi) is 5.78. The average molecular weight is 399 g/mol. The molecule has 2 rings (SSSR count). The monoisotopic (exact) mass is 397 g/mol. The van der Waals surface area contributed by atoms with Crippen LogP contribution in [0, 0.1) is 0 Å². The molecular formula is C16H17Br2NO. The van der Waals surface area contributed by atoms with Crippen LogP contribution in [0.2, 0.25) is 0 Å². The number of halogens is 2. The van der Waals surface area contributed by atoms with Crippen LogP contribution in [-0.2, 0) is 11.3 Å². The van der Waals surface area contributed by atoms with Crippen LogP contribution in [0.1, 0.15) is 24.2 Å². The Bertz CT molecular complexity index is 572. The molecule has 4 heteroatoms. The van der Waals surface area contributed by atoms with E-state index in [0.29, 0.717) is 6.61 Å². The maximum atomic E-state index is 6.08. The molecule has 0 aliphatic heterocycles. The van der Waals surface area contributed by atoms with E-state index in [2.05, 4.69) is 37.9 Å². The standard InChI is InChI=1S/C16H17Br2NO/c1-11(19)16(14-7-2-3-8-15(14)18)20-10-12-5-4-6-13(17)9-12/h2-9,11,16H,10,19H2,1H3. The minimum atomic E-state index is -0.135. The second kappa shape index (κ2) is 7.36. The first-order valence-electron chi connectivity index (χ1n) is 6.44. The average Bonchev–Trinajstić information content (AvgIpc) is 2.40. The summed E-state index contributed by atoms with van der Waals surface area (Å²) in [6.07, 6.45) is -0.135. The van der Waals surface area contributed by atoms with Crippen molar-refractivity contribution in [2.24, 2.45) is 5.73 Å². The highest BCUT2D eigenvalue weighted by Crippen LogP contribution is 2.28. The van der Waals surface area contributed by atoms with Gasteiger partial charge < -0.3 is 10.5 Å². The first-order valence-corrected chi connectivity index (χ1v) is 8.02. The Morgan fingerprint density at radius 3 is 2.50 bits per heavy atom. The Hall–Kier alpha value is -0.680. The van der Waals surface area contributed by atoms with Crippen LogP contribution in [0.15, 0.2) is 57.5 Å². The second-order valence-electron chi connectivity index (χ2n) is 4.74. The lowest BCUT2D eigenvalue weighted by atomic mass is 10.0. The van der Waals surface area contributed by atoms with Crippen molar-refractivity contribution in [1.29, 1.82) is 0 Å². The van der Waals surface area contributed by atoms with E-state index in [9.17, 15) is 0 Å². The number of benzene rings is 2. The Morgan fingerprint density at radius 1 is 1.10 bits per heavy atom. The van der Waals surface area contributed by atoms with Gasteiger partial charge in [0.1, 0.15) is 0 Å². The smallest absolute Gasteiger partial charge is 0.0988 e. The lowest BCUT2D eigenvalue weighted by molar-refractivity contribution is 0.0254. The molecule has 0 aliphatic carbocycles. The molecule has 106 valence electrons. The second-order valence-corrected chi connectivity index (χ2v) is 6.51. The third kappa shape index (κ3) is 4.16. The normalized spacial score (nSPS) is 14.0. The SMILES string of the molecule is CC(N)C(OCc1cccc(Br)c1)c1ccccc1Br. The molecule has 0 amide bonds. The molecule has 20 heavy (non-hydrogen) atoms. The van der Waals surface area contributed by atoms with Crippen LogP contribution >= 0.6 is 31.9 Å². The van der Waals surface area contributed by atoms with Gasteiger partial charge in [0, 0.05) is 15.0 Å². The van der Waals surface area contributed by atoms with Crippen LogP contribution in [0.25, 0.3) is 0 Å². The van der Waals surface area contributed by atoms with Gasteiger partial charge >= 0.3 is 0 Å². The van der Waals surface area contributed by atoms with Gasteiger partial charge in [-0.15, -0.1) is 0 Å². The van der Waals surface area contributed by atoms with Crippen molar-refractivity contribution < 1.29 is 4.74 Å². The molecule has 2 unspecified atom stereocenters. The minimum absolute atomic E-state index is 0.0825. The highest BCUT2D eigenvalue weighted by atomic mass is 79.9. The van der Waals surface area contributed by atoms with Crippen LogP contribution in [0.5, 0.6) is 0 Å². The number of nitrogens with two attached hydrogens (primary N) is 1. The topological polar surface area (TPSA) is 35.2 Å². The predicted octanol–water partition coefficient (Wildman–Crippen LogP) is 4.82. The van der Waals surface area contributed by atoms with Crippen molar-refractivity contribution in [3.8, 4) is 0 Å². The molecule has 2 aromatic carbocycles. The van der Waals surface area contributed by atoms with Crippen LogP contribution in [-0.4, -0.2) is 6.04 Å². The molecule has 0 bridgehead atoms. The van der Waals surface area contributed by atoms with Gasteiger partial charge in [-0.3, -0.25) is 0 Å². The Morgan fingerprint density at radius 2 is 1.85 bits per heavy atom. The number of hydrogen-bond donors (Lipinski definition) is 1. The Labute approximate surface area is 136 Å². The summed E-state index contributed by atoms with van der Waals surface area (Å²) in [6.45, 7) is 2.50. The lowest BCUT2D eigenvalue weighted by Crippen LogP contribution is -2.27. The van der Waals surface area contributed by atoms with Gasteiger partial charge in [-0.1, -0.05) is 62.2 Å². The fourth-order valence-corrected chi connectivity index (χ4v) is 3.00. The maximum absolute atomic E-state index is 6.08. The van der Waals surface area contributed by atoms with E-state index in [1.165, 1.54) is 0 Å². The van der Waals surface area contributed by atoms with E-state index < -0.39 is 0 Å². The highest BCUT2D eigenvalue weighted by molar-refractivity contribution is 9.10. The highest BCUT2D eigenvalue weighted by Gasteiger charge is 2.19. The van der Waals surface area contributed by atoms with E-state index in [1.807, 2.05) is 49.4 Å². The van der Waals surface area contributed by atoms with Gasteiger partial charge in [0.25, 0.3) is 0 Å². The van der Waals surface area contributed by atoms with Gasteiger partial charge in [0.15, 0.2) is 0 Å². The summed E-state index contributed by atoms with van der Waals surface area (Å²) >= 11 is 7.03. The summed E-state index contributed by atoms with van der Waals surface area (Å²) in [7, 11) is 0. The molecule has 2 nitrogen and oxygen atoms in total. The summed E-state index contributed by atoms with van der Waals surface area (Å²) < 4.78 is 8.11. The summed E-state index contributed by atoms with van der Waals surface area (Å²) in [4.78, 5) is 0. The first kappa shape index (κ1) is 15.7. The quantitative estimate of drug-likeness (QED) is 0.783. The van der Waals surface area contributed by atoms with Gasteiger partial charge in [-0.2, -0.15) is 0 Å². The van der Waals surface area contributed by atoms with E-state index in [1.54, 1.807) is 0 Å². The van der Waals surface area contributed by atoms with E-state index in [-0.39, 0.29) is 12.1 Å². The zero-order valence-corrected chi connectivity index (χ0v) is 14.4. The summed E-state index contributed by atoms with van der Waals surface area (Å²) in [5.41, 5.74) is 8.28. The molecule has 0 aromatic heterocycles. The molecule has 2 atom stereocenters. The minimum Gasteiger partial charge on any atom is -0.367 e. The fraction of sp³-hybridized carbons (Fsp3) is 0.250. The van der Waals surface area contributed by atoms with E-state index >= 15 is 0 Å². The molecule has 0 fully saturated rings. The molecule has 0 saturated heterocycles. The molecule has 0 spiro atoms. The van der Waals surface area contributed by atoms with Crippen LogP contribution in [0.4, 0.5) is 0 Å². The van der Waals surface area contributed by atoms with Gasteiger partial charge in [-0.05, 0) is 36.2 Å². The summed E-state index contributed by atoms with van der Waals surface area (Å²) in [5.74, 6) is 0. The van der Waals surface area contributed by atoms with Gasteiger partial charge in [0.2, 0.25) is 0 Å². The van der Waals surface area contributed by atoms with Gasteiger partial charge in [-0.25, -0.2) is 0 Å². The van der Waals surface area contributed by atoms with Crippen LogP contribution in [0.3, 0.4) is 0 Å². The molecule has 2 aromatic rings. The zero-order valence-electron chi connectivity index (χ0n) is 11.2. The molecule has 0 heterocycles. The van der Waals surface area contributed by atoms with Gasteiger partial charge in [0.05, 0.1) is 12.7 Å². The summed E-state index contributed by atoms with van der Waals surface area (Å²) in [5, 5.41) is 0. The third-order valence-electron chi connectivity index (χ3n) is 3.01. The molecule has 0 radical (unpaired) electrons. The van der Waals surface area contributed by atoms with E-state index in [0.717, 1.165) is 20.1 Å². The maximum Gasteiger partial charge on any atom is 0.0988 e. The van der Waals surface area contributed by atoms with E-state index in [4.69, 9.17) is 10.5 Å². The van der Waals surface area contributed by atoms with Crippen molar-refractivity contribution in [3.63, 3.8) is 0 Å². The van der Waals surface area contributed by atoms with Crippen molar-refractivity contribution in [3.05, 3.63) is 68.6 Å². The fourth-order valence-electron chi connectivity index (χ4n) is 2.04. The lowest BCUT2D eigenvalue weighted by Gasteiger charge is -2.23. The molecule has 0 saturated carbocycles. The van der Waals surface area contributed by atoms with Crippen molar-refractivity contribution in [2.45, 2.75) is 25.7 Å². The number of ether oxygens (including phenoxy) is 1. The zero-order chi connectivity index (χ0) is 14.5. The van der Waals surface area contributed by atoms with Crippen molar-refractivity contribution >= 4 is 31.9 Å².